The molecule has 0 radical (unpaired) electrons. The van der Waals surface area contributed by atoms with Gasteiger partial charge in [-0.3, -0.25) is 0 Å². The van der Waals surface area contributed by atoms with Gasteiger partial charge in [-0.1, -0.05) is 25.8 Å². The zero-order valence-corrected chi connectivity index (χ0v) is 13.0. The lowest BCUT2D eigenvalue weighted by Crippen LogP contribution is -3.00. The van der Waals surface area contributed by atoms with Crippen molar-refractivity contribution in [3.05, 3.63) is 48.8 Å². The Morgan fingerprint density at radius 1 is 1.00 bits per heavy atom. The van der Waals surface area contributed by atoms with Crippen molar-refractivity contribution in [2.75, 3.05) is 0 Å². The maximum Gasteiger partial charge on any atom is 0.231 e. The third kappa shape index (κ3) is 4.75. The second kappa shape index (κ2) is 8.81. The number of pyridine rings is 2. The first kappa shape index (κ1) is 15.8. The van der Waals surface area contributed by atoms with Crippen molar-refractivity contribution in [2.24, 2.45) is 0 Å². The highest BCUT2D eigenvalue weighted by molar-refractivity contribution is 5.49. The van der Waals surface area contributed by atoms with Gasteiger partial charge in [0.15, 0.2) is 6.20 Å². The maximum atomic E-state index is 4.43. The molecule has 0 bridgehead atoms. The summed E-state index contributed by atoms with van der Waals surface area (Å²) in [5.74, 6) is 0. The molecule has 19 heavy (non-hydrogen) atoms. The van der Waals surface area contributed by atoms with Gasteiger partial charge in [0.25, 0.3) is 0 Å². The van der Waals surface area contributed by atoms with E-state index >= 15 is 0 Å². The molecular formula is C16H21BrN2. The van der Waals surface area contributed by atoms with Crippen molar-refractivity contribution >= 4 is 0 Å². The van der Waals surface area contributed by atoms with E-state index in [0.717, 1.165) is 12.2 Å². The van der Waals surface area contributed by atoms with E-state index in [2.05, 4.69) is 46.9 Å². The molecule has 2 rings (SSSR count). The van der Waals surface area contributed by atoms with Gasteiger partial charge in [-0.15, -0.1) is 0 Å². The van der Waals surface area contributed by atoms with Crippen molar-refractivity contribution in [3.63, 3.8) is 0 Å². The average Bonchev–Trinajstić information content (AvgIpc) is 2.45. The van der Waals surface area contributed by atoms with Gasteiger partial charge in [-0.2, -0.15) is 4.57 Å². The van der Waals surface area contributed by atoms with Crippen molar-refractivity contribution in [1.29, 1.82) is 0 Å². The van der Waals surface area contributed by atoms with Crippen LogP contribution in [-0.2, 0) is 6.54 Å². The minimum absolute atomic E-state index is 0. The van der Waals surface area contributed by atoms with E-state index in [4.69, 9.17) is 0 Å². The lowest BCUT2D eigenvalue weighted by Gasteiger charge is -2.03. The van der Waals surface area contributed by atoms with Gasteiger partial charge in [0, 0.05) is 24.8 Å². The Balaban J connectivity index is 0.00000180. The number of halogens is 1. The molecule has 0 aliphatic carbocycles. The fourth-order valence-electron chi connectivity index (χ4n) is 2.13. The van der Waals surface area contributed by atoms with Crippen LogP contribution in [0.5, 0.6) is 0 Å². The number of nitrogens with zero attached hydrogens (tertiary/aromatic N) is 2. The van der Waals surface area contributed by atoms with E-state index in [1.807, 2.05) is 18.3 Å². The summed E-state index contributed by atoms with van der Waals surface area (Å²) in [5, 5.41) is 0. The molecule has 0 unspecified atom stereocenters. The summed E-state index contributed by atoms with van der Waals surface area (Å²) >= 11 is 0. The lowest BCUT2D eigenvalue weighted by atomic mass is 10.2. The summed E-state index contributed by atoms with van der Waals surface area (Å²) in [4.78, 5) is 4.43. The smallest absolute Gasteiger partial charge is 0.231 e. The van der Waals surface area contributed by atoms with Crippen molar-refractivity contribution < 1.29 is 21.5 Å². The largest absolute Gasteiger partial charge is 1.00 e. The quantitative estimate of drug-likeness (QED) is 0.563. The van der Waals surface area contributed by atoms with Crippen LogP contribution in [0.25, 0.3) is 11.4 Å². The van der Waals surface area contributed by atoms with E-state index in [-0.39, 0.29) is 17.0 Å². The van der Waals surface area contributed by atoms with E-state index in [9.17, 15) is 0 Å². The Kier molecular flexibility index (Phi) is 7.34. The molecule has 0 amide bonds. The fraction of sp³-hybridized carbons (Fsp3) is 0.375. The van der Waals surface area contributed by atoms with Crippen LogP contribution in [0.15, 0.2) is 48.8 Å². The number of unbranched alkanes of at least 4 members (excludes halogenated alkanes) is 3. The van der Waals surface area contributed by atoms with Gasteiger partial charge in [-0.05, 0) is 24.6 Å². The molecule has 102 valence electrons. The van der Waals surface area contributed by atoms with Crippen LogP contribution in [0, 0.1) is 0 Å². The molecule has 0 N–H and O–H groups in total. The number of hydrogen-bond donors (Lipinski definition) is 0. The molecule has 0 spiro atoms. The summed E-state index contributed by atoms with van der Waals surface area (Å²) in [6, 6.07) is 12.4. The summed E-state index contributed by atoms with van der Waals surface area (Å²) in [6.45, 7) is 3.32. The monoisotopic (exact) mass is 320 g/mol. The van der Waals surface area contributed by atoms with Gasteiger partial charge in [0.05, 0.1) is 0 Å². The second-order valence-corrected chi connectivity index (χ2v) is 4.55. The Hall–Kier alpha value is -1.22. The molecule has 2 nitrogen and oxygen atoms in total. The highest BCUT2D eigenvalue weighted by atomic mass is 79.9. The zero-order valence-electron chi connectivity index (χ0n) is 11.4. The van der Waals surface area contributed by atoms with Crippen LogP contribution in [0.4, 0.5) is 0 Å². The topological polar surface area (TPSA) is 16.8 Å². The molecule has 0 saturated carbocycles. The first-order valence-electron chi connectivity index (χ1n) is 6.81. The molecule has 0 saturated heterocycles. The maximum absolute atomic E-state index is 4.43. The third-order valence-electron chi connectivity index (χ3n) is 3.12. The van der Waals surface area contributed by atoms with Crippen molar-refractivity contribution in [3.8, 4) is 11.4 Å². The summed E-state index contributed by atoms with van der Waals surface area (Å²) in [5.41, 5.74) is 2.25. The zero-order chi connectivity index (χ0) is 12.6. The number of hydrogen-bond acceptors (Lipinski definition) is 1. The van der Waals surface area contributed by atoms with E-state index in [1.54, 1.807) is 0 Å². The number of aryl methyl sites for hydroxylation is 1. The molecule has 0 fully saturated rings. The molecule has 0 aliphatic rings. The molecule has 2 heterocycles. The van der Waals surface area contributed by atoms with Crippen molar-refractivity contribution in [1.82, 2.24) is 4.98 Å². The van der Waals surface area contributed by atoms with Crippen LogP contribution < -0.4 is 21.5 Å². The van der Waals surface area contributed by atoms with E-state index in [1.165, 1.54) is 31.4 Å². The summed E-state index contributed by atoms with van der Waals surface area (Å²) < 4.78 is 2.30. The lowest BCUT2D eigenvalue weighted by molar-refractivity contribution is -0.686. The normalized spacial score (nSPS) is 9.95. The SMILES string of the molecule is CCCCCC[n+]1ccccc1-c1ccccn1.[Br-]. The van der Waals surface area contributed by atoms with Crippen LogP contribution in [-0.4, -0.2) is 4.98 Å². The first-order valence-corrected chi connectivity index (χ1v) is 6.81. The predicted molar refractivity (Wildman–Crippen MR) is 74.0 cm³/mol. The molecular weight excluding hydrogens is 300 g/mol. The standard InChI is InChI=1S/C16H21N2.BrH/c1-2-3-4-8-13-18-14-9-6-11-16(18)15-10-5-7-12-17-15;/h5-7,9-12,14H,2-4,8,13H2,1H3;1H/q+1;/p-1. The molecule has 0 aliphatic heterocycles. The van der Waals surface area contributed by atoms with Crippen LogP contribution >= 0.6 is 0 Å². The number of rotatable bonds is 6. The molecule has 0 atom stereocenters. The Morgan fingerprint density at radius 2 is 1.84 bits per heavy atom. The summed E-state index contributed by atoms with van der Waals surface area (Å²) in [7, 11) is 0. The van der Waals surface area contributed by atoms with E-state index in [0.29, 0.717) is 0 Å². The second-order valence-electron chi connectivity index (χ2n) is 4.55. The highest BCUT2D eigenvalue weighted by Gasteiger charge is 2.11. The predicted octanol–water partition coefficient (Wildman–Crippen LogP) is 0.620. The highest BCUT2D eigenvalue weighted by Crippen LogP contribution is 2.11. The van der Waals surface area contributed by atoms with E-state index < -0.39 is 0 Å². The van der Waals surface area contributed by atoms with Gasteiger partial charge >= 0.3 is 0 Å². The van der Waals surface area contributed by atoms with Crippen LogP contribution in [0.2, 0.25) is 0 Å². The third-order valence-corrected chi connectivity index (χ3v) is 3.12. The molecule has 0 aromatic carbocycles. The van der Waals surface area contributed by atoms with Crippen LogP contribution in [0.3, 0.4) is 0 Å². The number of aromatic nitrogens is 2. The minimum atomic E-state index is 0. The van der Waals surface area contributed by atoms with Gasteiger partial charge in [-0.25, -0.2) is 4.98 Å². The molecule has 3 heteroatoms. The fourth-order valence-corrected chi connectivity index (χ4v) is 2.13. The van der Waals surface area contributed by atoms with Crippen molar-refractivity contribution in [2.45, 2.75) is 39.2 Å². The first-order chi connectivity index (χ1) is 8.92. The van der Waals surface area contributed by atoms with Gasteiger partial charge in [0.1, 0.15) is 12.2 Å². The van der Waals surface area contributed by atoms with Crippen LogP contribution in [0.1, 0.15) is 32.6 Å². The molecule has 2 aromatic rings. The Morgan fingerprint density at radius 3 is 2.58 bits per heavy atom. The molecule has 2 aromatic heterocycles. The minimum Gasteiger partial charge on any atom is -1.00 e. The Labute approximate surface area is 126 Å². The summed E-state index contributed by atoms with van der Waals surface area (Å²) in [6.07, 6.45) is 9.15. The van der Waals surface area contributed by atoms with Gasteiger partial charge < -0.3 is 17.0 Å². The van der Waals surface area contributed by atoms with Gasteiger partial charge in [0.2, 0.25) is 5.69 Å². The average molecular weight is 321 g/mol. The Bertz CT molecular complexity index is 471.